The summed E-state index contributed by atoms with van der Waals surface area (Å²) in [6, 6.07) is 3.22. The number of alkyl halides is 6. The largest absolute Gasteiger partial charge is 0.451 e. The first-order chi connectivity index (χ1) is 17.2. The van der Waals surface area contributed by atoms with Crippen LogP contribution in [0, 0.1) is 5.82 Å². The first kappa shape index (κ1) is 26.5. The number of halogens is 7. The quantitative estimate of drug-likeness (QED) is 0.371. The van der Waals surface area contributed by atoms with Gasteiger partial charge in [0, 0.05) is 17.8 Å². The topological polar surface area (TPSA) is 107 Å². The van der Waals surface area contributed by atoms with Crippen molar-refractivity contribution in [3.05, 3.63) is 65.8 Å². The van der Waals surface area contributed by atoms with Gasteiger partial charge in [-0.2, -0.15) is 31.4 Å². The number of amides is 1. The van der Waals surface area contributed by atoms with Gasteiger partial charge in [-0.3, -0.25) is 4.79 Å². The minimum atomic E-state index is -5.00. The highest BCUT2D eigenvalue weighted by Crippen LogP contribution is 2.34. The molecule has 0 spiro atoms. The summed E-state index contributed by atoms with van der Waals surface area (Å²) >= 11 is 0. The number of carbonyl (C=O) groups excluding carboxylic acids is 1. The fraction of sp³-hybridized carbons (Fsp3) is 0.333. The van der Waals surface area contributed by atoms with Crippen molar-refractivity contribution in [3.8, 4) is 5.69 Å². The molecule has 2 aromatic heterocycles. The van der Waals surface area contributed by atoms with Crippen molar-refractivity contribution >= 4 is 15.7 Å². The number of benzene rings is 1. The van der Waals surface area contributed by atoms with Gasteiger partial charge in [-0.1, -0.05) is 0 Å². The van der Waals surface area contributed by atoms with E-state index in [1.54, 1.807) is 0 Å². The van der Waals surface area contributed by atoms with Crippen LogP contribution in [-0.4, -0.2) is 45.4 Å². The second-order valence-electron chi connectivity index (χ2n) is 8.17. The van der Waals surface area contributed by atoms with Gasteiger partial charge in [0.25, 0.3) is 0 Å². The van der Waals surface area contributed by atoms with Gasteiger partial charge in [0.2, 0.25) is 11.7 Å². The van der Waals surface area contributed by atoms with E-state index in [9.17, 15) is 43.9 Å². The average molecular weight is 551 g/mol. The van der Waals surface area contributed by atoms with Crippen LogP contribution in [0.3, 0.4) is 0 Å². The molecule has 1 aliphatic carbocycles. The summed E-state index contributed by atoms with van der Waals surface area (Å²) in [5, 5.41) is 4.70. The van der Waals surface area contributed by atoms with Crippen molar-refractivity contribution in [1.29, 1.82) is 0 Å². The number of hydrogen-bond acceptors (Lipinski definition) is 6. The van der Waals surface area contributed by atoms with E-state index >= 15 is 0 Å². The molecule has 0 radical (unpaired) electrons. The van der Waals surface area contributed by atoms with Gasteiger partial charge in [0.05, 0.1) is 29.0 Å². The van der Waals surface area contributed by atoms with E-state index in [4.69, 9.17) is 0 Å². The van der Waals surface area contributed by atoms with E-state index in [1.807, 2.05) is 0 Å². The summed E-state index contributed by atoms with van der Waals surface area (Å²) in [6.07, 6.45) is -8.18. The lowest BCUT2D eigenvalue weighted by Crippen LogP contribution is -2.54. The minimum absolute atomic E-state index is 0.155. The van der Waals surface area contributed by atoms with Gasteiger partial charge >= 0.3 is 12.4 Å². The number of carbonyl (C=O) groups is 1. The van der Waals surface area contributed by atoms with Crippen LogP contribution in [-0.2, 0) is 33.4 Å². The van der Waals surface area contributed by atoms with E-state index in [0.29, 0.717) is 17.1 Å². The Balaban J connectivity index is 1.51. The molecule has 1 fully saturated rings. The number of nitrogens with one attached hydrogen (secondary N) is 1. The van der Waals surface area contributed by atoms with Crippen LogP contribution in [0.4, 0.5) is 30.7 Å². The molecule has 16 heteroatoms. The molecule has 1 aromatic carbocycles. The molecule has 2 atom stereocenters. The van der Waals surface area contributed by atoms with Crippen LogP contribution in [0.25, 0.3) is 5.69 Å². The molecule has 1 N–H and O–H groups in total. The predicted octanol–water partition coefficient (Wildman–Crippen LogP) is 3.50. The van der Waals surface area contributed by atoms with E-state index in [-0.39, 0.29) is 23.4 Å². The van der Waals surface area contributed by atoms with Gasteiger partial charge in [0.1, 0.15) is 11.5 Å². The lowest BCUT2D eigenvalue weighted by Gasteiger charge is -2.36. The molecular weight excluding hydrogens is 535 g/mol. The van der Waals surface area contributed by atoms with Crippen molar-refractivity contribution in [1.82, 2.24) is 25.1 Å². The monoisotopic (exact) mass is 551 g/mol. The zero-order valence-electron chi connectivity index (χ0n) is 18.4. The fourth-order valence-electron chi connectivity index (χ4n) is 3.73. The van der Waals surface area contributed by atoms with E-state index in [1.165, 1.54) is 0 Å². The summed E-state index contributed by atoms with van der Waals surface area (Å²) in [4.78, 5) is 18.5. The molecule has 3 aromatic rings. The van der Waals surface area contributed by atoms with Crippen molar-refractivity contribution in [2.45, 2.75) is 47.8 Å². The molecule has 37 heavy (non-hydrogen) atoms. The Morgan fingerprint density at radius 3 is 2.14 bits per heavy atom. The average Bonchev–Trinajstić information content (AvgIpc) is 3.20. The Morgan fingerprint density at radius 1 is 1.00 bits per heavy atom. The van der Waals surface area contributed by atoms with Crippen LogP contribution < -0.4 is 5.32 Å². The number of aromatic nitrogens is 4. The Labute approximate surface area is 204 Å². The molecule has 2 heterocycles. The third-order valence-electron chi connectivity index (χ3n) is 5.66. The summed E-state index contributed by atoms with van der Waals surface area (Å²) in [5.74, 6) is -3.05. The highest BCUT2D eigenvalue weighted by Gasteiger charge is 2.43. The molecule has 0 saturated heterocycles. The summed E-state index contributed by atoms with van der Waals surface area (Å²) < 4.78 is 118. The molecule has 0 aliphatic heterocycles. The third kappa shape index (κ3) is 5.57. The second-order valence-corrected chi connectivity index (χ2v) is 10.3. The van der Waals surface area contributed by atoms with Gasteiger partial charge < -0.3 is 5.32 Å². The molecule has 198 valence electrons. The highest BCUT2D eigenvalue weighted by atomic mass is 32.2. The Morgan fingerprint density at radius 2 is 1.62 bits per heavy atom. The first-order valence-electron chi connectivity index (χ1n) is 10.5. The minimum Gasteiger partial charge on any atom is -0.352 e. The van der Waals surface area contributed by atoms with Crippen LogP contribution in [0.5, 0.6) is 0 Å². The molecular formula is C21H16F7N5O3S. The van der Waals surface area contributed by atoms with Crippen molar-refractivity contribution in [3.63, 3.8) is 0 Å². The standard InChI is InChI=1S/C21H16F7N5O3S/c22-12-1-3-14(4-2-12)37(35,36)16-6-5-15(16)31-17(34)7-11-10-33(32-18(11)20(23,24)25)13-8-29-19(30-9-13)21(26,27)28/h1-4,8-10,15-16H,5-7H2,(H,31,34)/t15-,16+/m0/s1. The normalized spacial score (nSPS) is 18.4. The number of rotatable bonds is 6. The van der Waals surface area contributed by atoms with E-state index in [0.717, 1.165) is 30.5 Å². The van der Waals surface area contributed by atoms with E-state index < -0.39 is 68.7 Å². The second kappa shape index (κ2) is 9.39. The first-order valence-corrected chi connectivity index (χ1v) is 12.0. The van der Waals surface area contributed by atoms with Crippen LogP contribution in [0.15, 0.2) is 47.8 Å². The lowest BCUT2D eigenvalue weighted by atomic mass is 9.92. The molecule has 8 nitrogen and oxygen atoms in total. The summed E-state index contributed by atoms with van der Waals surface area (Å²) in [7, 11) is -3.94. The Bertz CT molecular complexity index is 1400. The molecule has 0 unspecified atom stereocenters. The fourth-order valence-corrected chi connectivity index (χ4v) is 5.68. The molecule has 4 rings (SSSR count). The zero-order chi connectivity index (χ0) is 27.2. The van der Waals surface area contributed by atoms with Crippen LogP contribution >= 0.6 is 0 Å². The SMILES string of the molecule is O=C(Cc1cn(-c2cnc(C(F)(F)F)nc2)nc1C(F)(F)F)N[C@H]1CC[C@H]1S(=O)(=O)c1ccc(F)cc1. The lowest BCUT2D eigenvalue weighted by molar-refractivity contribution is -0.145. The molecule has 1 amide bonds. The van der Waals surface area contributed by atoms with E-state index in [2.05, 4.69) is 20.4 Å². The smallest absolute Gasteiger partial charge is 0.352 e. The maximum absolute atomic E-state index is 13.5. The van der Waals surface area contributed by atoms with Gasteiger partial charge in [0.15, 0.2) is 15.5 Å². The van der Waals surface area contributed by atoms with Crippen LogP contribution in [0.2, 0.25) is 0 Å². The molecule has 0 bridgehead atoms. The predicted molar refractivity (Wildman–Crippen MR) is 111 cm³/mol. The number of sulfone groups is 1. The highest BCUT2D eigenvalue weighted by molar-refractivity contribution is 7.92. The van der Waals surface area contributed by atoms with Gasteiger partial charge in [-0.05, 0) is 37.1 Å². The molecule has 1 aliphatic rings. The number of nitrogens with zero attached hydrogens (tertiary/aromatic N) is 4. The Kier molecular flexibility index (Phi) is 6.73. The van der Waals surface area contributed by atoms with Crippen LogP contribution in [0.1, 0.15) is 29.9 Å². The summed E-state index contributed by atoms with van der Waals surface area (Å²) in [5.41, 5.74) is -2.36. The summed E-state index contributed by atoms with van der Waals surface area (Å²) in [6.45, 7) is 0. The Hall–Kier alpha value is -3.56. The van der Waals surface area contributed by atoms with Gasteiger partial charge in [-0.25, -0.2) is 27.5 Å². The molecule has 1 saturated carbocycles. The third-order valence-corrected chi connectivity index (χ3v) is 7.95. The zero-order valence-corrected chi connectivity index (χ0v) is 19.2. The number of hydrogen-bond donors (Lipinski definition) is 1. The maximum atomic E-state index is 13.5. The van der Waals surface area contributed by atoms with Crippen molar-refractivity contribution in [2.75, 3.05) is 0 Å². The van der Waals surface area contributed by atoms with Crippen molar-refractivity contribution < 1.29 is 43.9 Å². The van der Waals surface area contributed by atoms with Gasteiger partial charge in [-0.15, -0.1) is 0 Å². The van der Waals surface area contributed by atoms with Crippen molar-refractivity contribution in [2.24, 2.45) is 0 Å². The maximum Gasteiger partial charge on any atom is 0.451 e.